The number of carbonyl (C=O) groups excluding carboxylic acids is 1. The number of nitrogens with one attached hydrogen (secondary N) is 1. The molecule has 3 rings (SSSR count). The van der Waals surface area contributed by atoms with E-state index in [2.05, 4.69) is 36.4 Å². The highest BCUT2D eigenvalue weighted by Crippen LogP contribution is 2.39. The summed E-state index contributed by atoms with van der Waals surface area (Å²) in [5, 5.41) is 6.83. The highest BCUT2D eigenvalue weighted by atomic mass is 79.9. The van der Waals surface area contributed by atoms with Gasteiger partial charge in [0.05, 0.1) is 30.1 Å². The first-order valence-corrected chi connectivity index (χ1v) is 9.93. The number of amides is 1. The lowest BCUT2D eigenvalue weighted by molar-refractivity contribution is -0.116. The molecule has 9 heteroatoms. The third-order valence-electron chi connectivity index (χ3n) is 3.98. The average Bonchev–Trinajstić information content (AvgIpc) is 3.18. The Labute approximate surface area is 176 Å². The van der Waals surface area contributed by atoms with Crippen molar-refractivity contribution in [2.24, 2.45) is 0 Å². The van der Waals surface area contributed by atoms with E-state index in [1.54, 1.807) is 31.6 Å². The molecular weight excluding hydrogens is 440 g/mol. The lowest BCUT2D eigenvalue weighted by Gasteiger charge is -2.12. The van der Waals surface area contributed by atoms with Gasteiger partial charge in [-0.1, -0.05) is 5.16 Å². The Morgan fingerprint density at radius 3 is 2.93 bits per heavy atom. The molecule has 8 nitrogen and oxygen atoms in total. The molecule has 1 amide bonds. The summed E-state index contributed by atoms with van der Waals surface area (Å²) in [5.41, 5.74) is 1.42. The number of halogens is 1. The van der Waals surface area contributed by atoms with Crippen molar-refractivity contribution in [1.82, 2.24) is 15.1 Å². The van der Waals surface area contributed by atoms with Crippen molar-refractivity contribution < 1.29 is 18.8 Å². The van der Waals surface area contributed by atoms with Gasteiger partial charge >= 0.3 is 0 Å². The van der Waals surface area contributed by atoms with Crippen LogP contribution in [0.1, 0.15) is 25.7 Å². The molecular formula is C20H21BrN4O4. The monoisotopic (exact) mass is 460 g/mol. The first-order valence-electron chi connectivity index (χ1n) is 9.14. The summed E-state index contributed by atoms with van der Waals surface area (Å²) in [4.78, 5) is 20.4. The summed E-state index contributed by atoms with van der Waals surface area (Å²) < 4.78 is 17.1. The first kappa shape index (κ1) is 20.8. The quantitative estimate of drug-likeness (QED) is 0.508. The number of carbonyl (C=O) groups is 1. The Bertz CT molecular complexity index is 962. The molecule has 0 aliphatic rings. The fourth-order valence-corrected chi connectivity index (χ4v) is 3.30. The zero-order valence-corrected chi connectivity index (χ0v) is 17.7. The molecule has 0 spiro atoms. The van der Waals surface area contributed by atoms with Gasteiger partial charge in [0.1, 0.15) is 0 Å². The maximum atomic E-state index is 12.0. The summed E-state index contributed by atoms with van der Waals surface area (Å²) in [5.74, 6) is 2.04. The predicted molar refractivity (Wildman–Crippen MR) is 111 cm³/mol. The summed E-state index contributed by atoms with van der Waals surface area (Å²) in [6.07, 6.45) is 4.69. The molecule has 0 aliphatic carbocycles. The van der Waals surface area contributed by atoms with E-state index in [4.69, 9.17) is 14.0 Å². The lowest BCUT2D eigenvalue weighted by Crippen LogP contribution is -2.11. The van der Waals surface area contributed by atoms with Crippen molar-refractivity contribution in [3.8, 4) is 22.9 Å². The Balaban J connectivity index is 1.60. The van der Waals surface area contributed by atoms with Crippen molar-refractivity contribution in [2.75, 3.05) is 19.0 Å². The van der Waals surface area contributed by atoms with Gasteiger partial charge in [-0.05, 0) is 53.5 Å². The van der Waals surface area contributed by atoms with Gasteiger partial charge in [-0.15, -0.1) is 0 Å². The van der Waals surface area contributed by atoms with E-state index in [0.717, 1.165) is 10.0 Å². The molecule has 2 heterocycles. The van der Waals surface area contributed by atoms with Crippen LogP contribution in [0.3, 0.4) is 0 Å². The number of benzene rings is 1. The Hall–Kier alpha value is -2.94. The van der Waals surface area contributed by atoms with E-state index in [9.17, 15) is 4.79 Å². The van der Waals surface area contributed by atoms with Crippen molar-refractivity contribution in [1.29, 1.82) is 0 Å². The van der Waals surface area contributed by atoms with Crippen molar-refractivity contribution in [3.63, 3.8) is 0 Å². The van der Waals surface area contributed by atoms with Crippen LogP contribution in [-0.2, 0) is 11.2 Å². The highest BCUT2D eigenvalue weighted by Gasteiger charge is 2.16. The molecule has 0 unspecified atom stereocenters. The van der Waals surface area contributed by atoms with Crippen LogP contribution >= 0.6 is 15.9 Å². The van der Waals surface area contributed by atoms with Crippen molar-refractivity contribution in [2.45, 2.75) is 26.2 Å². The second-order valence-corrected chi connectivity index (χ2v) is 6.93. The summed E-state index contributed by atoms with van der Waals surface area (Å²) in [7, 11) is 1.58. The highest BCUT2D eigenvalue weighted by molar-refractivity contribution is 9.10. The van der Waals surface area contributed by atoms with Crippen LogP contribution in [0, 0.1) is 0 Å². The number of aryl methyl sites for hydroxylation is 1. The molecule has 2 aromatic heterocycles. The SMILES string of the molecule is CCOc1cc(-c2noc(CCCC(=O)Nc3cccnc3)n2)cc(Br)c1OC. The topological polar surface area (TPSA) is 99.4 Å². The minimum atomic E-state index is -0.0850. The number of pyridine rings is 1. The second kappa shape index (κ2) is 10.0. The fraction of sp³-hybridized carbons (Fsp3) is 0.300. The van der Waals surface area contributed by atoms with Crippen LogP contribution in [0.5, 0.6) is 11.5 Å². The zero-order valence-electron chi connectivity index (χ0n) is 16.1. The first-order chi connectivity index (χ1) is 14.1. The van der Waals surface area contributed by atoms with Gasteiger partial charge in [0.2, 0.25) is 17.6 Å². The number of ether oxygens (including phenoxy) is 2. The zero-order chi connectivity index (χ0) is 20.6. The third-order valence-corrected chi connectivity index (χ3v) is 4.57. The lowest BCUT2D eigenvalue weighted by atomic mass is 10.2. The van der Waals surface area contributed by atoms with Crippen LogP contribution < -0.4 is 14.8 Å². The van der Waals surface area contributed by atoms with E-state index in [1.165, 1.54) is 0 Å². The average molecular weight is 461 g/mol. The minimum Gasteiger partial charge on any atom is -0.492 e. The normalized spacial score (nSPS) is 10.6. The molecule has 152 valence electrons. The number of rotatable bonds is 9. The molecule has 0 fully saturated rings. The number of hydrogen-bond acceptors (Lipinski definition) is 7. The molecule has 29 heavy (non-hydrogen) atoms. The Kier molecular flexibility index (Phi) is 7.18. The second-order valence-electron chi connectivity index (χ2n) is 6.08. The summed E-state index contributed by atoms with van der Waals surface area (Å²) in [6, 6.07) is 7.21. The predicted octanol–water partition coefficient (Wildman–Crippen LogP) is 4.26. The van der Waals surface area contributed by atoms with Gasteiger partial charge in [0, 0.05) is 24.6 Å². The van der Waals surface area contributed by atoms with Gasteiger partial charge in [-0.2, -0.15) is 4.98 Å². The molecule has 0 atom stereocenters. The van der Waals surface area contributed by atoms with Crippen molar-refractivity contribution >= 4 is 27.5 Å². The standard InChI is InChI=1S/C20H21BrN4O4/c1-3-28-16-11-13(10-15(21)19(16)27-2)20-24-18(29-25-20)8-4-7-17(26)23-14-6-5-9-22-12-14/h5-6,9-12H,3-4,7-8H2,1-2H3,(H,23,26). The van der Waals surface area contributed by atoms with Crippen molar-refractivity contribution in [3.05, 3.63) is 47.0 Å². The van der Waals surface area contributed by atoms with Gasteiger partial charge in [-0.3, -0.25) is 9.78 Å². The molecule has 1 aromatic carbocycles. The maximum absolute atomic E-state index is 12.0. The fourth-order valence-electron chi connectivity index (χ4n) is 2.69. The minimum absolute atomic E-state index is 0.0850. The van der Waals surface area contributed by atoms with E-state index in [1.807, 2.05) is 19.1 Å². The van der Waals surface area contributed by atoms with Gasteiger partial charge in [-0.25, -0.2) is 0 Å². The summed E-state index contributed by atoms with van der Waals surface area (Å²) >= 11 is 3.48. The number of nitrogens with zero attached hydrogens (tertiary/aromatic N) is 3. The molecule has 1 N–H and O–H groups in total. The van der Waals surface area contributed by atoms with Gasteiger partial charge in [0.25, 0.3) is 0 Å². The molecule has 0 radical (unpaired) electrons. The smallest absolute Gasteiger partial charge is 0.226 e. The van der Waals surface area contributed by atoms with E-state index < -0.39 is 0 Å². The van der Waals surface area contributed by atoms with Crippen LogP contribution in [0.2, 0.25) is 0 Å². The Morgan fingerprint density at radius 2 is 2.21 bits per heavy atom. The molecule has 3 aromatic rings. The number of methoxy groups -OCH3 is 1. The maximum Gasteiger partial charge on any atom is 0.226 e. The largest absolute Gasteiger partial charge is 0.492 e. The van der Waals surface area contributed by atoms with Gasteiger partial charge < -0.3 is 19.3 Å². The van der Waals surface area contributed by atoms with Gasteiger partial charge in [0.15, 0.2) is 11.5 Å². The van der Waals surface area contributed by atoms with E-state index in [-0.39, 0.29) is 5.91 Å². The number of anilines is 1. The van der Waals surface area contributed by atoms with Crippen LogP contribution in [-0.4, -0.2) is 34.7 Å². The third kappa shape index (κ3) is 5.54. The van der Waals surface area contributed by atoms with E-state index >= 15 is 0 Å². The number of aromatic nitrogens is 3. The summed E-state index contributed by atoms with van der Waals surface area (Å²) in [6.45, 7) is 2.40. The molecule has 0 saturated heterocycles. The van der Waals surface area contributed by atoms with Crippen LogP contribution in [0.4, 0.5) is 5.69 Å². The van der Waals surface area contributed by atoms with Crippen LogP contribution in [0.15, 0.2) is 45.7 Å². The van der Waals surface area contributed by atoms with Crippen LogP contribution in [0.25, 0.3) is 11.4 Å². The molecule has 0 aliphatic heterocycles. The molecule has 0 saturated carbocycles. The number of hydrogen-bond donors (Lipinski definition) is 1. The van der Waals surface area contributed by atoms with E-state index in [0.29, 0.717) is 54.8 Å². The Morgan fingerprint density at radius 1 is 1.34 bits per heavy atom. The molecule has 0 bridgehead atoms.